The van der Waals surface area contributed by atoms with Gasteiger partial charge in [0.05, 0.1) is 0 Å². The van der Waals surface area contributed by atoms with Gasteiger partial charge in [-0.1, -0.05) is 52.7 Å². The number of benzene rings is 2. The lowest BCUT2D eigenvalue weighted by molar-refractivity contribution is -0.110. The Morgan fingerprint density at radius 3 is 2.11 bits per heavy atom. The molecule has 0 aromatic heterocycles. The number of hydrogen-bond donors (Lipinski definition) is 1. The predicted molar refractivity (Wildman–Crippen MR) is 103 cm³/mol. The smallest absolute Gasteiger partial charge is 0.290 e. The van der Waals surface area contributed by atoms with Gasteiger partial charge in [0.15, 0.2) is 5.78 Å². The van der Waals surface area contributed by atoms with Gasteiger partial charge in [0.1, 0.15) is 4.90 Å². The van der Waals surface area contributed by atoms with Crippen molar-refractivity contribution < 1.29 is 17.8 Å². The van der Waals surface area contributed by atoms with E-state index in [4.69, 9.17) is 11.1 Å². The standard InChI is InChI=1S/C17H12N6O4S/c18-22-20-14-6-1-12(2-7-14)3-9-16(24)10-5-13-4-8-15(21-23-19)11-17(13)28(25,26)27/h1-11H,(H,25,26,27). The van der Waals surface area contributed by atoms with E-state index in [0.29, 0.717) is 11.3 Å². The van der Waals surface area contributed by atoms with Gasteiger partial charge in [0.25, 0.3) is 10.1 Å². The van der Waals surface area contributed by atoms with E-state index in [2.05, 4.69) is 20.1 Å². The summed E-state index contributed by atoms with van der Waals surface area (Å²) in [5.41, 5.74) is 17.9. The second-order valence-electron chi connectivity index (χ2n) is 5.24. The Kier molecular flexibility index (Phi) is 6.69. The summed E-state index contributed by atoms with van der Waals surface area (Å²) in [6.07, 6.45) is 5.14. The van der Waals surface area contributed by atoms with Gasteiger partial charge >= 0.3 is 0 Å². The van der Waals surface area contributed by atoms with Crippen LogP contribution in [0.4, 0.5) is 11.4 Å². The van der Waals surface area contributed by atoms with Gasteiger partial charge in [-0.3, -0.25) is 9.35 Å². The van der Waals surface area contributed by atoms with E-state index in [1.54, 1.807) is 24.3 Å². The third-order valence-electron chi connectivity index (χ3n) is 3.36. The highest BCUT2D eigenvalue weighted by molar-refractivity contribution is 7.86. The Labute approximate surface area is 159 Å². The summed E-state index contributed by atoms with van der Waals surface area (Å²) in [7, 11) is -4.58. The SMILES string of the molecule is [N-]=[N+]=Nc1ccc(C=CC(=O)C=Cc2ccc(N=[N+]=[N-])cc2S(=O)(=O)O)cc1. The molecule has 140 valence electrons. The molecule has 11 heteroatoms. The van der Waals surface area contributed by atoms with Crippen LogP contribution in [-0.4, -0.2) is 18.8 Å². The summed E-state index contributed by atoms with van der Waals surface area (Å²) < 4.78 is 32.3. The quantitative estimate of drug-likeness (QED) is 0.225. The number of carbonyl (C=O) groups excluding carboxylic acids is 1. The molecule has 2 aromatic rings. The zero-order valence-corrected chi connectivity index (χ0v) is 14.9. The summed E-state index contributed by atoms with van der Waals surface area (Å²) in [5.74, 6) is -0.431. The fourth-order valence-electron chi connectivity index (χ4n) is 2.11. The van der Waals surface area contributed by atoms with Crippen molar-refractivity contribution in [3.8, 4) is 0 Å². The first-order chi connectivity index (χ1) is 13.3. The predicted octanol–water partition coefficient (Wildman–Crippen LogP) is 5.11. The molecule has 0 atom stereocenters. The molecule has 0 aliphatic heterocycles. The van der Waals surface area contributed by atoms with E-state index in [1.165, 1.54) is 30.4 Å². The summed E-state index contributed by atoms with van der Waals surface area (Å²) in [6.45, 7) is 0. The normalized spacial score (nSPS) is 11.2. The average Bonchev–Trinajstić information content (AvgIpc) is 2.66. The topological polar surface area (TPSA) is 169 Å². The van der Waals surface area contributed by atoms with Crippen molar-refractivity contribution in [2.24, 2.45) is 10.2 Å². The van der Waals surface area contributed by atoms with Crippen molar-refractivity contribution in [1.29, 1.82) is 0 Å². The fourth-order valence-corrected chi connectivity index (χ4v) is 2.81. The van der Waals surface area contributed by atoms with Crippen LogP contribution >= 0.6 is 0 Å². The molecule has 0 spiro atoms. The number of carbonyl (C=O) groups is 1. The molecule has 28 heavy (non-hydrogen) atoms. The molecular weight excluding hydrogens is 384 g/mol. The van der Waals surface area contributed by atoms with E-state index in [0.717, 1.165) is 12.1 Å². The number of allylic oxidation sites excluding steroid dienone is 2. The van der Waals surface area contributed by atoms with Gasteiger partial charge in [-0.2, -0.15) is 8.42 Å². The minimum Gasteiger partial charge on any atom is -0.290 e. The molecule has 1 N–H and O–H groups in total. The Morgan fingerprint density at radius 2 is 1.50 bits per heavy atom. The van der Waals surface area contributed by atoms with Gasteiger partial charge in [-0.05, 0) is 46.5 Å². The van der Waals surface area contributed by atoms with Gasteiger partial charge < -0.3 is 0 Å². The zero-order chi connectivity index (χ0) is 20.6. The molecule has 0 unspecified atom stereocenters. The van der Waals surface area contributed by atoms with Gasteiger partial charge in [0.2, 0.25) is 0 Å². The molecule has 0 aliphatic carbocycles. The molecule has 10 nitrogen and oxygen atoms in total. The van der Waals surface area contributed by atoms with Crippen LogP contribution in [0.25, 0.3) is 33.0 Å². The number of hydrogen-bond acceptors (Lipinski definition) is 5. The molecule has 2 rings (SSSR count). The van der Waals surface area contributed by atoms with Gasteiger partial charge in [0, 0.05) is 21.2 Å². The number of ketones is 1. The van der Waals surface area contributed by atoms with Crippen molar-refractivity contribution in [3.63, 3.8) is 0 Å². The van der Waals surface area contributed by atoms with Crippen LogP contribution in [0, 0.1) is 0 Å². The van der Waals surface area contributed by atoms with E-state index in [1.807, 2.05) is 0 Å². The van der Waals surface area contributed by atoms with Crippen LogP contribution < -0.4 is 0 Å². The number of rotatable bonds is 7. The minimum absolute atomic E-state index is 0.00248. The molecule has 0 radical (unpaired) electrons. The lowest BCUT2D eigenvalue weighted by Gasteiger charge is -2.03. The molecular formula is C17H12N6O4S. The first kappa shape index (κ1) is 20.4. The monoisotopic (exact) mass is 396 g/mol. The van der Waals surface area contributed by atoms with Crippen molar-refractivity contribution in [2.45, 2.75) is 4.90 Å². The molecule has 0 fully saturated rings. The van der Waals surface area contributed by atoms with E-state index in [-0.39, 0.29) is 11.3 Å². The Bertz CT molecular complexity index is 1160. The van der Waals surface area contributed by atoms with Crippen LogP contribution in [0.2, 0.25) is 0 Å². The lowest BCUT2D eigenvalue weighted by atomic mass is 10.1. The Balaban J connectivity index is 2.21. The summed E-state index contributed by atoms with van der Waals surface area (Å²) >= 11 is 0. The van der Waals surface area contributed by atoms with Crippen molar-refractivity contribution >= 4 is 39.4 Å². The van der Waals surface area contributed by atoms with Gasteiger partial charge in [-0.15, -0.1) is 0 Å². The Morgan fingerprint density at radius 1 is 0.929 bits per heavy atom. The summed E-state index contributed by atoms with van der Waals surface area (Å²) in [4.78, 5) is 16.7. The van der Waals surface area contributed by atoms with Crippen LogP contribution in [0.3, 0.4) is 0 Å². The maximum absolute atomic E-state index is 12.0. The molecule has 0 heterocycles. The second kappa shape index (κ2) is 9.17. The Hall–Kier alpha value is -3.88. The molecule has 2 aromatic carbocycles. The molecule has 0 bridgehead atoms. The fraction of sp³-hybridized carbons (Fsp3) is 0. The molecule has 0 saturated carbocycles. The van der Waals surface area contributed by atoms with Crippen molar-refractivity contribution in [3.05, 3.63) is 86.6 Å². The minimum atomic E-state index is -4.58. The first-order valence-electron chi connectivity index (χ1n) is 7.55. The molecule has 0 amide bonds. The van der Waals surface area contributed by atoms with Crippen molar-refractivity contribution in [2.75, 3.05) is 0 Å². The second-order valence-corrected chi connectivity index (χ2v) is 6.63. The highest BCUT2D eigenvalue weighted by Gasteiger charge is 2.14. The van der Waals surface area contributed by atoms with E-state index < -0.39 is 20.8 Å². The maximum atomic E-state index is 12.0. The summed E-state index contributed by atoms with van der Waals surface area (Å²) in [5, 5.41) is 6.71. The van der Waals surface area contributed by atoms with Crippen LogP contribution in [0.1, 0.15) is 11.1 Å². The molecule has 0 aliphatic rings. The molecule has 0 saturated heterocycles. The van der Waals surface area contributed by atoms with Crippen LogP contribution in [-0.2, 0) is 14.9 Å². The lowest BCUT2D eigenvalue weighted by Crippen LogP contribution is -2.00. The third-order valence-corrected chi connectivity index (χ3v) is 4.27. The van der Waals surface area contributed by atoms with Crippen molar-refractivity contribution in [1.82, 2.24) is 0 Å². The highest BCUT2D eigenvalue weighted by Crippen LogP contribution is 2.24. The van der Waals surface area contributed by atoms with Crippen LogP contribution in [0.5, 0.6) is 0 Å². The largest absolute Gasteiger partial charge is 0.295 e. The first-order valence-corrected chi connectivity index (χ1v) is 8.99. The van der Waals surface area contributed by atoms with Crippen LogP contribution in [0.15, 0.2) is 69.7 Å². The highest BCUT2D eigenvalue weighted by atomic mass is 32.2. The van der Waals surface area contributed by atoms with E-state index in [9.17, 15) is 17.8 Å². The zero-order valence-electron chi connectivity index (χ0n) is 14.1. The van der Waals surface area contributed by atoms with E-state index >= 15 is 0 Å². The average molecular weight is 396 g/mol. The number of azide groups is 2. The van der Waals surface area contributed by atoms with Gasteiger partial charge in [-0.25, -0.2) is 0 Å². The summed E-state index contributed by atoms with van der Waals surface area (Å²) in [6, 6.07) is 10.1. The number of nitrogens with zero attached hydrogens (tertiary/aromatic N) is 6. The maximum Gasteiger partial charge on any atom is 0.295 e. The third kappa shape index (κ3) is 5.84.